The molecule has 1 rings (SSSR count). The van der Waals surface area contributed by atoms with Crippen molar-refractivity contribution in [3.05, 3.63) is 54.1 Å². The summed E-state index contributed by atoms with van der Waals surface area (Å²) >= 11 is 0. The van der Waals surface area contributed by atoms with Gasteiger partial charge in [-0.05, 0) is 17.7 Å². The zero-order chi connectivity index (χ0) is 15.4. The first-order valence-corrected chi connectivity index (χ1v) is 6.10. The summed E-state index contributed by atoms with van der Waals surface area (Å²) in [6.07, 6.45) is 3.42. The lowest BCUT2D eigenvalue weighted by molar-refractivity contribution is 0.194. The molecule has 0 saturated heterocycles. The summed E-state index contributed by atoms with van der Waals surface area (Å²) in [6, 6.07) is 2.99. The van der Waals surface area contributed by atoms with Crippen LogP contribution in [0.2, 0.25) is 0 Å². The molecule has 0 aliphatic heterocycles. The number of rotatable bonds is 7. The van der Waals surface area contributed by atoms with Crippen LogP contribution in [0.1, 0.15) is 16.7 Å². The van der Waals surface area contributed by atoms with Crippen molar-refractivity contribution >= 4 is 0 Å². The van der Waals surface area contributed by atoms with Gasteiger partial charge in [0.1, 0.15) is 5.75 Å². The SMILES string of the molecule is C=CCOCC=C.OCc1cc(CO)c(O)c(CO)c1. The first-order chi connectivity index (χ1) is 9.64. The van der Waals surface area contributed by atoms with E-state index in [1.165, 1.54) is 12.1 Å². The van der Waals surface area contributed by atoms with Crippen molar-refractivity contribution in [1.29, 1.82) is 0 Å². The fourth-order valence-electron chi connectivity index (χ4n) is 1.40. The van der Waals surface area contributed by atoms with E-state index in [1.54, 1.807) is 12.2 Å². The van der Waals surface area contributed by atoms with Gasteiger partial charge in [0, 0.05) is 11.1 Å². The van der Waals surface area contributed by atoms with E-state index >= 15 is 0 Å². The molecule has 1 aromatic rings. The molecule has 0 saturated carbocycles. The predicted octanol–water partition coefficient (Wildman–Crippen LogP) is 1.24. The summed E-state index contributed by atoms with van der Waals surface area (Å²) in [5, 5.41) is 35.9. The van der Waals surface area contributed by atoms with Crippen LogP contribution in [-0.4, -0.2) is 33.6 Å². The Morgan fingerprint density at radius 3 is 1.65 bits per heavy atom. The second-order valence-corrected chi connectivity index (χ2v) is 3.85. The molecule has 0 aliphatic carbocycles. The van der Waals surface area contributed by atoms with Gasteiger partial charge in [0.15, 0.2) is 0 Å². The zero-order valence-electron chi connectivity index (χ0n) is 11.5. The molecule has 0 radical (unpaired) electrons. The molecule has 112 valence electrons. The van der Waals surface area contributed by atoms with Crippen LogP contribution in [0, 0.1) is 0 Å². The Morgan fingerprint density at radius 1 is 0.900 bits per heavy atom. The molecule has 5 nitrogen and oxygen atoms in total. The average molecular weight is 282 g/mol. The van der Waals surface area contributed by atoms with Gasteiger partial charge in [-0.25, -0.2) is 0 Å². The van der Waals surface area contributed by atoms with Crippen LogP contribution in [0.4, 0.5) is 0 Å². The maximum absolute atomic E-state index is 9.41. The Kier molecular flexibility index (Phi) is 10.3. The Morgan fingerprint density at radius 2 is 1.35 bits per heavy atom. The monoisotopic (exact) mass is 282 g/mol. The maximum atomic E-state index is 9.41. The highest BCUT2D eigenvalue weighted by molar-refractivity contribution is 5.42. The molecule has 0 heterocycles. The van der Waals surface area contributed by atoms with Crippen molar-refractivity contribution in [3.8, 4) is 5.75 Å². The van der Waals surface area contributed by atoms with E-state index in [4.69, 9.17) is 20.1 Å². The second kappa shape index (κ2) is 11.2. The summed E-state index contributed by atoms with van der Waals surface area (Å²) in [5.74, 6) is -0.109. The lowest BCUT2D eigenvalue weighted by atomic mass is 10.1. The fraction of sp³-hybridized carbons (Fsp3) is 0.333. The lowest BCUT2D eigenvalue weighted by Crippen LogP contribution is -1.95. The highest BCUT2D eigenvalue weighted by atomic mass is 16.5. The van der Waals surface area contributed by atoms with Crippen LogP contribution in [0.25, 0.3) is 0 Å². The number of hydrogen-bond donors (Lipinski definition) is 4. The normalized spacial score (nSPS) is 9.55. The molecule has 0 aromatic heterocycles. The molecule has 0 spiro atoms. The average Bonchev–Trinajstić information content (AvgIpc) is 2.48. The van der Waals surface area contributed by atoms with E-state index in [9.17, 15) is 5.11 Å². The van der Waals surface area contributed by atoms with E-state index in [1.807, 2.05) is 0 Å². The van der Waals surface area contributed by atoms with Gasteiger partial charge >= 0.3 is 0 Å². The first kappa shape index (κ1) is 18.3. The van der Waals surface area contributed by atoms with Crippen LogP contribution in [0.5, 0.6) is 5.75 Å². The Labute approximate surface area is 119 Å². The van der Waals surface area contributed by atoms with Crippen molar-refractivity contribution in [2.75, 3.05) is 13.2 Å². The number of aliphatic hydroxyl groups excluding tert-OH is 3. The van der Waals surface area contributed by atoms with E-state index in [0.717, 1.165) is 0 Å². The minimum Gasteiger partial charge on any atom is -0.507 e. The third-order valence-corrected chi connectivity index (χ3v) is 2.32. The van der Waals surface area contributed by atoms with Crippen molar-refractivity contribution in [2.45, 2.75) is 19.8 Å². The van der Waals surface area contributed by atoms with E-state index in [2.05, 4.69) is 13.2 Å². The predicted molar refractivity (Wildman–Crippen MR) is 77.1 cm³/mol. The fourth-order valence-corrected chi connectivity index (χ4v) is 1.40. The largest absolute Gasteiger partial charge is 0.507 e. The molecule has 0 bridgehead atoms. The molecule has 5 heteroatoms. The standard InChI is InChI=1S/C9H12O4.C6H10O/c10-3-6-1-7(4-11)9(13)8(2-6)5-12;1-3-5-7-6-4-2/h1-2,10-13H,3-5H2;3-4H,1-2,5-6H2. The van der Waals surface area contributed by atoms with Crippen LogP contribution in [-0.2, 0) is 24.6 Å². The first-order valence-electron chi connectivity index (χ1n) is 6.10. The highest BCUT2D eigenvalue weighted by Crippen LogP contribution is 2.24. The highest BCUT2D eigenvalue weighted by Gasteiger charge is 2.07. The van der Waals surface area contributed by atoms with Gasteiger partial charge < -0.3 is 25.2 Å². The maximum Gasteiger partial charge on any atom is 0.126 e. The number of ether oxygens (including phenoxy) is 1. The van der Waals surface area contributed by atoms with Crippen molar-refractivity contribution < 1.29 is 25.2 Å². The van der Waals surface area contributed by atoms with Crippen molar-refractivity contribution in [3.63, 3.8) is 0 Å². The molecular formula is C15H22O5. The zero-order valence-corrected chi connectivity index (χ0v) is 11.5. The van der Waals surface area contributed by atoms with Gasteiger partial charge in [-0.15, -0.1) is 13.2 Å². The Balaban J connectivity index is 0.000000441. The second-order valence-electron chi connectivity index (χ2n) is 3.85. The lowest BCUT2D eigenvalue weighted by Gasteiger charge is -2.08. The van der Waals surface area contributed by atoms with Gasteiger partial charge in [0.25, 0.3) is 0 Å². The summed E-state index contributed by atoms with van der Waals surface area (Å²) in [5.41, 5.74) is 1.19. The van der Waals surface area contributed by atoms with E-state index in [0.29, 0.717) is 29.9 Å². The molecule has 0 unspecified atom stereocenters. The summed E-state index contributed by atoms with van der Waals surface area (Å²) in [6.45, 7) is 7.37. The summed E-state index contributed by atoms with van der Waals surface area (Å²) in [4.78, 5) is 0. The van der Waals surface area contributed by atoms with E-state index < -0.39 is 0 Å². The molecule has 20 heavy (non-hydrogen) atoms. The third-order valence-electron chi connectivity index (χ3n) is 2.32. The quantitative estimate of drug-likeness (QED) is 0.446. The number of aliphatic hydroxyl groups is 3. The molecule has 0 fully saturated rings. The van der Waals surface area contributed by atoms with Gasteiger partial charge in [-0.3, -0.25) is 0 Å². The van der Waals surface area contributed by atoms with Crippen molar-refractivity contribution in [1.82, 2.24) is 0 Å². The van der Waals surface area contributed by atoms with Crippen LogP contribution < -0.4 is 0 Å². The number of phenols is 1. The number of aromatic hydroxyl groups is 1. The topological polar surface area (TPSA) is 90.2 Å². The molecule has 1 aromatic carbocycles. The van der Waals surface area contributed by atoms with Crippen LogP contribution in [0.3, 0.4) is 0 Å². The van der Waals surface area contributed by atoms with Gasteiger partial charge in [-0.1, -0.05) is 12.2 Å². The van der Waals surface area contributed by atoms with Gasteiger partial charge in [-0.2, -0.15) is 0 Å². The summed E-state index contributed by atoms with van der Waals surface area (Å²) < 4.78 is 4.90. The molecular weight excluding hydrogens is 260 g/mol. The number of hydrogen-bond acceptors (Lipinski definition) is 5. The third kappa shape index (κ3) is 6.49. The molecule has 0 amide bonds. The number of benzene rings is 1. The molecule has 4 N–H and O–H groups in total. The summed E-state index contributed by atoms with van der Waals surface area (Å²) in [7, 11) is 0. The van der Waals surface area contributed by atoms with Crippen LogP contribution >= 0.6 is 0 Å². The minimum atomic E-state index is -0.313. The Hall–Kier alpha value is -1.66. The van der Waals surface area contributed by atoms with Gasteiger partial charge in [0.2, 0.25) is 0 Å². The smallest absolute Gasteiger partial charge is 0.126 e. The Bertz CT molecular complexity index is 382. The molecule has 0 aliphatic rings. The molecule has 0 atom stereocenters. The van der Waals surface area contributed by atoms with Gasteiger partial charge in [0.05, 0.1) is 33.0 Å². The van der Waals surface area contributed by atoms with E-state index in [-0.39, 0.29) is 25.6 Å². The van der Waals surface area contributed by atoms with Crippen LogP contribution in [0.15, 0.2) is 37.4 Å². The van der Waals surface area contributed by atoms with Crippen molar-refractivity contribution in [2.24, 2.45) is 0 Å². The minimum absolute atomic E-state index is 0.109.